The van der Waals surface area contributed by atoms with Crippen LogP contribution in [-0.2, 0) is 0 Å². The molecule has 1 aromatic rings. The molecule has 0 spiro atoms. The molecule has 0 saturated heterocycles. The number of benzene rings is 1. The summed E-state index contributed by atoms with van der Waals surface area (Å²) >= 11 is 0. The molecule has 0 fully saturated rings. The molecule has 1 aromatic carbocycles. The summed E-state index contributed by atoms with van der Waals surface area (Å²) in [6.45, 7) is 6.66. The van der Waals surface area contributed by atoms with E-state index in [1.165, 1.54) is 12.1 Å². The molecule has 3 nitrogen and oxygen atoms in total. The average molecular weight is 252 g/mol. The quantitative estimate of drug-likeness (QED) is 0.877. The van der Waals surface area contributed by atoms with Crippen molar-refractivity contribution in [2.24, 2.45) is 5.92 Å². The Bertz CT molecular complexity index is 389. The minimum atomic E-state index is -0.266. The van der Waals surface area contributed by atoms with Crippen LogP contribution in [0.2, 0.25) is 0 Å². The first-order chi connectivity index (χ1) is 8.41. The second-order valence-electron chi connectivity index (χ2n) is 4.92. The normalized spacial score (nSPS) is 12.3. The van der Waals surface area contributed by atoms with Crippen molar-refractivity contribution in [1.29, 1.82) is 0 Å². The molecular weight excluding hydrogens is 231 g/mol. The number of hydrogen-bond acceptors (Lipinski definition) is 1. The molecule has 0 aliphatic heterocycles. The molecule has 0 aliphatic rings. The smallest absolute Gasteiger partial charge is 0.317 e. The Hall–Kier alpha value is -1.58. The van der Waals surface area contributed by atoms with Gasteiger partial charge in [-0.3, -0.25) is 0 Å². The molecule has 2 amide bonds. The summed E-state index contributed by atoms with van der Waals surface area (Å²) in [5.41, 5.74) is 0.915. The molecule has 1 unspecified atom stereocenters. The fourth-order valence-electron chi connectivity index (χ4n) is 1.56. The SMILES string of the molecule is CC(C)CNC(=O)N(C)C(C)c1ccc(F)cc1. The summed E-state index contributed by atoms with van der Waals surface area (Å²) in [4.78, 5) is 13.5. The lowest BCUT2D eigenvalue weighted by Crippen LogP contribution is -2.40. The number of urea groups is 1. The van der Waals surface area contributed by atoms with Crippen LogP contribution in [0.3, 0.4) is 0 Å². The lowest BCUT2D eigenvalue weighted by atomic mass is 10.1. The summed E-state index contributed by atoms with van der Waals surface area (Å²) in [5.74, 6) is 0.154. The van der Waals surface area contributed by atoms with Crippen LogP contribution in [0.5, 0.6) is 0 Å². The van der Waals surface area contributed by atoms with E-state index >= 15 is 0 Å². The van der Waals surface area contributed by atoms with Gasteiger partial charge in [-0.05, 0) is 30.5 Å². The van der Waals surface area contributed by atoms with E-state index in [-0.39, 0.29) is 17.9 Å². The Morgan fingerprint density at radius 3 is 2.33 bits per heavy atom. The van der Waals surface area contributed by atoms with Crippen molar-refractivity contribution in [3.63, 3.8) is 0 Å². The molecule has 1 rings (SSSR count). The van der Waals surface area contributed by atoms with Crippen molar-refractivity contribution < 1.29 is 9.18 Å². The standard InChI is InChI=1S/C14H21FN2O/c1-10(2)9-16-14(18)17(4)11(3)12-5-7-13(15)8-6-12/h5-8,10-11H,9H2,1-4H3,(H,16,18). The van der Waals surface area contributed by atoms with Gasteiger partial charge in [-0.1, -0.05) is 26.0 Å². The topological polar surface area (TPSA) is 32.3 Å². The van der Waals surface area contributed by atoms with Crippen molar-refractivity contribution in [3.8, 4) is 0 Å². The summed E-state index contributed by atoms with van der Waals surface area (Å²) in [5, 5.41) is 2.86. The van der Waals surface area contributed by atoms with Crippen LogP contribution in [0, 0.1) is 11.7 Å². The number of carbonyl (C=O) groups excluding carboxylic acids is 1. The number of nitrogens with zero attached hydrogens (tertiary/aromatic N) is 1. The molecular formula is C14H21FN2O. The maximum absolute atomic E-state index is 12.8. The lowest BCUT2D eigenvalue weighted by Gasteiger charge is -2.26. The molecule has 4 heteroatoms. The van der Waals surface area contributed by atoms with Gasteiger partial charge in [0, 0.05) is 13.6 Å². The molecule has 0 aromatic heterocycles. The highest BCUT2D eigenvalue weighted by Gasteiger charge is 2.17. The predicted molar refractivity (Wildman–Crippen MR) is 70.8 cm³/mol. The minimum absolute atomic E-state index is 0.0854. The van der Waals surface area contributed by atoms with E-state index in [0.29, 0.717) is 12.5 Å². The van der Waals surface area contributed by atoms with E-state index in [9.17, 15) is 9.18 Å². The summed E-state index contributed by atoms with van der Waals surface area (Å²) < 4.78 is 12.8. The van der Waals surface area contributed by atoms with Crippen LogP contribution in [0.25, 0.3) is 0 Å². The van der Waals surface area contributed by atoms with Crippen molar-refractivity contribution in [2.45, 2.75) is 26.8 Å². The third kappa shape index (κ3) is 4.02. The Kier molecular flexibility index (Phi) is 5.13. The lowest BCUT2D eigenvalue weighted by molar-refractivity contribution is 0.193. The molecule has 0 radical (unpaired) electrons. The van der Waals surface area contributed by atoms with Crippen LogP contribution >= 0.6 is 0 Å². The van der Waals surface area contributed by atoms with Crippen molar-refractivity contribution in [2.75, 3.05) is 13.6 Å². The number of rotatable bonds is 4. The molecule has 18 heavy (non-hydrogen) atoms. The second kappa shape index (κ2) is 6.38. The van der Waals surface area contributed by atoms with E-state index in [0.717, 1.165) is 5.56 Å². The molecule has 0 bridgehead atoms. The van der Waals surface area contributed by atoms with Gasteiger partial charge in [0.05, 0.1) is 6.04 Å². The fourth-order valence-corrected chi connectivity index (χ4v) is 1.56. The highest BCUT2D eigenvalue weighted by molar-refractivity contribution is 5.74. The largest absolute Gasteiger partial charge is 0.338 e. The van der Waals surface area contributed by atoms with E-state index in [2.05, 4.69) is 5.32 Å². The van der Waals surface area contributed by atoms with Crippen LogP contribution in [0.1, 0.15) is 32.4 Å². The Labute approximate surface area is 108 Å². The zero-order valence-electron chi connectivity index (χ0n) is 11.4. The zero-order chi connectivity index (χ0) is 13.7. The van der Waals surface area contributed by atoms with E-state index in [1.54, 1.807) is 24.1 Å². The zero-order valence-corrected chi connectivity index (χ0v) is 11.4. The molecule has 1 N–H and O–H groups in total. The second-order valence-corrected chi connectivity index (χ2v) is 4.92. The summed E-state index contributed by atoms with van der Waals surface area (Å²) in [7, 11) is 1.74. The number of nitrogens with one attached hydrogen (secondary N) is 1. The molecule has 0 saturated carbocycles. The first kappa shape index (κ1) is 14.5. The number of carbonyl (C=O) groups is 1. The van der Waals surface area contributed by atoms with Gasteiger partial charge in [-0.15, -0.1) is 0 Å². The number of hydrogen-bond donors (Lipinski definition) is 1. The number of halogens is 1. The van der Waals surface area contributed by atoms with Crippen LogP contribution < -0.4 is 5.32 Å². The maximum Gasteiger partial charge on any atom is 0.317 e. The molecule has 1 atom stereocenters. The first-order valence-corrected chi connectivity index (χ1v) is 6.18. The van der Waals surface area contributed by atoms with Crippen LogP contribution in [0.4, 0.5) is 9.18 Å². The first-order valence-electron chi connectivity index (χ1n) is 6.18. The highest BCUT2D eigenvalue weighted by Crippen LogP contribution is 2.18. The average Bonchev–Trinajstić information content (AvgIpc) is 2.35. The Balaban J connectivity index is 2.62. The predicted octanol–water partition coefficient (Wildman–Crippen LogP) is 3.18. The third-order valence-electron chi connectivity index (χ3n) is 2.92. The van der Waals surface area contributed by atoms with Crippen molar-refractivity contribution in [3.05, 3.63) is 35.6 Å². The minimum Gasteiger partial charge on any atom is -0.338 e. The molecule has 0 aliphatic carbocycles. The van der Waals surface area contributed by atoms with Gasteiger partial charge >= 0.3 is 6.03 Å². The van der Waals surface area contributed by atoms with Gasteiger partial charge in [0.1, 0.15) is 5.82 Å². The van der Waals surface area contributed by atoms with Gasteiger partial charge in [-0.2, -0.15) is 0 Å². The highest BCUT2D eigenvalue weighted by atomic mass is 19.1. The van der Waals surface area contributed by atoms with Gasteiger partial charge in [0.25, 0.3) is 0 Å². The maximum atomic E-state index is 12.8. The molecule has 100 valence electrons. The van der Waals surface area contributed by atoms with Crippen LogP contribution in [0.15, 0.2) is 24.3 Å². The van der Waals surface area contributed by atoms with Gasteiger partial charge in [0.2, 0.25) is 0 Å². The van der Waals surface area contributed by atoms with E-state index in [1.807, 2.05) is 20.8 Å². The Morgan fingerprint density at radius 1 is 1.28 bits per heavy atom. The van der Waals surface area contributed by atoms with Crippen LogP contribution in [-0.4, -0.2) is 24.5 Å². The van der Waals surface area contributed by atoms with Gasteiger partial charge < -0.3 is 10.2 Å². The van der Waals surface area contributed by atoms with Gasteiger partial charge in [-0.25, -0.2) is 9.18 Å². The molecule has 0 heterocycles. The summed E-state index contributed by atoms with van der Waals surface area (Å²) in [6.07, 6.45) is 0. The monoisotopic (exact) mass is 252 g/mol. The van der Waals surface area contributed by atoms with E-state index in [4.69, 9.17) is 0 Å². The summed E-state index contributed by atoms with van der Waals surface area (Å²) in [6, 6.07) is 6.02. The fraction of sp³-hybridized carbons (Fsp3) is 0.500. The third-order valence-corrected chi connectivity index (χ3v) is 2.92. The van der Waals surface area contributed by atoms with Gasteiger partial charge in [0.15, 0.2) is 0 Å². The Morgan fingerprint density at radius 2 is 1.83 bits per heavy atom. The van der Waals surface area contributed by atoms with Crippen molar-refractivity contribution in [1.82, 2.24) is 10.2 Å². The number of amides is 2. The van der Waals surface area contributed by atoms with Crippen molar-refractivity contribution >= 4 is 6.03 Å². The van der Waals surface area contributed by atoms with E-state index < -0.39 is 0 Å².